The predicted molar refractivity (Wildman–Crippen MR) is 144 cm³/mol. The summed E-state index contributed by atoms with van der Waals surface area (Å²) >= 11 is 0. The van der Waals surface area contributed by atoms with Crippen molar-refractivity contribution in [3.8, 4) is 0 Å². The first-order valence-electron chi connectivity index (χ1n) is 11.7. The Morgan fingerprint density at radius 1 is 1.08 bits per heavy atom. The van der Waals surface area contributed by atoms with E-state index in [4.69, 9.17) is 5.73 Å². The van der Waals surface area contributed by atoms with Gasteiger partial charge in [-0.3, -0.25) is 4.79 Å². The Balaban J connectivity index is 1.33. The highest BCUT2D eigenvalue weighted by atomic mass is 16.2. The number of nitrogens with one attached hydrogen (secondary N) is 1. The van der Waals surface area contributed by atoms with Crippen molar-refractivity contribution in [2.75, 3.05) is 0 Å². The topological polar surface area (TPSA) is 89.1 Å². The van der Waals surface area contributed by atoms with Crippen molar-refractivity contribution in [2.24, 2.45) is 5.73 Å². The number of nitrogens with two attached hydrogens (primary N) is 1. The molecule has 0 saturated heterocycles. The van der Waals surface area contributed by atoms with Crippen LogP contribution in [0.5, 0.6) is 0 Å². The molecule has 0 bridgehead atoms. The summed E-state index contributed by atoms with van der Waals surface area (Å²) in [5, 5.41) is 11.1. The molecule has 7 nitrogen and oxygen atoms in total. The highest BCUT2D eigenvalue weighted by Gasteiger charge is 2.12. The molecule has 0 spiro atoms. The number of benzene rings is 2. The molecule has 2 heterocycles. The molecule has 4 rings (SSSR count). The predicted octanol–water partition coefficient (Wildman–Crippen LogP) is 4.62. The lowest BCUT2D eigenvalue weighted by Gasteiger charge is -2.22. The summed E-state index contributed by atoms with van der Waals surface area (Å²) in [6.07, 6.45) is 13.6. The molecule has 0 saturated carbocycles. The van der Waals surface area contributed by atoms with Crippen LogP contribution in [0.25, 0.3) is 11.8 Å². The van der Waals surface area contributed by atoms with Gasteiger partial charge in [0.1, 0.15) is 0 Å². The molecular formula is C29H30N6O. The van der Waals surface area contributed by atoms with E-state index in [1.807, 2.05) is 61.7 Å². The quantitative estimate of drug-likeness (QED) is 0.469. The second-order valence-electron chi connectivity index (χ2n) is 8.57. The van der Waals surface area contributed by atoms with Gasteiger partial charge in [0.25, 0.3) is 5.91 Å². The zero-order valence-electron chi connectivity index (χ0n) is 20.4. The van der Waals surface area contributed by atoms with Crippen molar-refractivity contribution in [2.45, 2.75) is 26.6 Å². The maximum absolute atomic E-state index is 12.6. The van der Waals surface area contributed by atoms with Crippen LogP contribution in [0.1, 0.15) is 45.2 Å². The molecular weight excluding hydrogens is 448 g/mol. The summed E-state index contributed by atoms with van der Waals surface area (Å²) in [7, 11) is 0. The number of aromatic nitrogens is 3. The Morgan fingerprint density at radius 2 is 1.81 bits per heavy atom. The Bertz CT molecular complexity index is 1360. The van der Waals surface area contributed by atoms with Crippen molar-refractivity contribution in [3.63, 3.8) is 0 Å². The molecule has 1 amide bonds. The van der Waals surface area contributed by atoms with Gasteiger partial charge in [-0.25, -0.2) is 4.68 Å². The van der Waals surface area contributed by atoms with Crippen LogP contribution in [0.2, 0.25) is 0 Å². The number of carbonyl (C=O) groups excluding carboxylic acids is 1. The van der Waals surface area contributed by atoms with E-state index >= 15 is 0 Å². The van der Waals surface area contributed by atoms with E-state index in [1.54, 1.807) is 10.9 Å². The molecule has 36 heavy (non-hydrogen) atoms. The SMILES string of the molecule is C=C(N)c1ccc(CNC(=O)c2cn(Cc3ccc(CN4C=CC=CC4=C)cc3)nn2)cc1/C=C\C. The second kappa shape index (κ2) is 11.2. The lowest BCUT2D eigenvalue weighted by Crippen LogP contribution is -2.23. The van der Waals surface area contributed by atoms with Crippen LogP contribution in [0.3, 0.4) is 0 Å². The highest BCUT2D eigenvalue weighted by Crippen LogP contribution is 2.19. The fourth-order valence-corrected chi connectivity index (χ4v) is 3.88. The molecule has 0 fully saturated rings. The molecule has 0 atom stereocenters. The van der Waals surface area contributed by atoms with Crippen LogP contribution < -0.4 is 11.1 Å². The number of allylic oxidation sites excluding steroid dienone is 4. The van der Waals surface area contributed by atoms with Gasteiger partial charge in [-0.2, -0.15) is 0 Å². The van der Waals surface area contributed by atoms with Crippen molar-refractivity contribution in [1.82, 2.24) is 25.2 Å². The van der Waals surface area contributed by atoms with Crippen LogP contribution in [-0.2, 0) is 19.6 Å². The van der Waals surface area contributed by atoms with Gasteiger partial charge in [-0.1, -0.05) is 73.0 Å². The summed E-state index contributed by atoms with van der Waals surface area (Å²) in [5.74, 6) is -0.277. The summed E-state index contributed by atoms with van der Waals surface area (Å²) in [6.45, 7) is 11.5. The number of carbonyl (C=O) groups is 1. The molecule has 7 heteroatoms. The molecule has 3 aromatic rings. The zero-order chi connectivity index (χ0) is 25.5. The van der Waals surface area contributed by atoms with Gasteiger partial charge >= 0.3 is 0 Å². The minimum absolute atomic E-state index is 0.274. The summed E-state index contributed by atoms with van der Waals surface area (Å²) in [5.41, 5.74) is 12.7. The third-order valence-electron chi connectivity index (χ3n) is 5.79. The molecule has 1 aromatic heterocycles. The van der Waals surface area contributed by atoms with Crippen LogP contribution in [-0.4, -0.2) is 25.8 Å². The maximum Gasteiger partial charge on any atom is 0.273 e. The zero-order valence-corrected chi connectivity index (χ0v) is 20.4. The van der Waals surface area contributed by atoms with Crippen LogP contribution in [0.4, 0.5) is 0 Å². The summed E-state index contributed by atoms with van der Waals surface area (Å²) < 4.78 is 1.66. The van der Waals surface area contributed by atoms with E-state index in [9.17, 15) is 4.79 Å². The van der Waals surface area contributed by atoms with Crippen molar-refractivity contribution in [1.29, 1.82) is 0 Å². The molecule has 2 aromatic carbocycles. The largest absolute Gasteiger partial charge is 0.399 e. The van der Waals surface area contributed by atoms with Gasteiger partial charge in [0.15, 0.2) is 5.69 Å². The lowest BCUT2D eigenvalue weighted by molar-refractivity contribution is 0.0946. The molecule has 182 valence electrons. The lowest BCUT2D eigenvalue weighted by atomic mass is 10.0. The van der Waals surface area contributed by atoms with Gasteiger partial charge in [0.2, 0.25) is 0 Å². The van der Waals surface area contributed by atoms with Crippen molar-refractivity contribution in [3.05, 3.63) is 132 Å². The van der Waals surface area contributed by atoms with Gasteiger partial charge in [0, 0.05) is 36.2 Å². The van der Waals surface area contributed by atoms with Crippen molar-refractivity contribution < 1.29 is 4.79 Å². The first-order chi connectivity index (χ1) is 17.4. The molecule has 1 aliphatic rings. The normalized spacial score (nSPS) is 12.9. The second-order valence-corrected chi connectivity index (χ2v) is 8.57. The van der Waals surface area contributed by atoms with Crippen molar-refractivity contribution >= 4 is 17.7 Å². The third kappa shape index (κ3) is 6.07. The monoisotopic (exact) mass is 478 g/mol. The average Bonchev–Trinajstić information content (AvgIpc) is 3.34. The number of rotatable bonds is 9. The molecule has 0 radical (unpaired) electrons. The van der Waals surface area contributed by atoms with Crippen LogP contribution in [0, 0.1) is 0 Å². The Kier molecular flexibility index (Phi) is 7.60. The average molecular weight is 479 g/mol. The summed E-state index contributed by atoms with van der Waals surface area (Å²) in [6, 6.07) is 14.1. The van der Waals surface area contributed by atoms with E-state index in [2.05, 4.69) is 58.0 Å². The Labute approximate surface area is 211 Å². The molecule has 3 N–H and O–H groups in total. The Hall–Kier alpha value is -4.65. The first-order valence-corrected chi connectivity index (χ1v) is 11.7. The minimum Gasteiger partial charge on any atom is -0.399 e. The number of hydrogen-bond donors (Lipinski definition) is 2. The number of nitrogens with zero attached hydrogens (tertiary/aromatic N) is 4. The standard InChI is InChI=1S/C29H30N6O/c1-4-7-26-16-25(13-14-27(26)22(3)30)17-31-29(36)28-20-35(33-32-28)19-24-11-9-23(10-12-24)18-34-15-6-5-8-21(34)2/h4-16,20H,2-3,17-19,30H2,1H3,(H,31,36)/b7-4-. The van der Waals surface area contributed by atoms with Gasteiger partial charge in [0.05, 0.1) is 12.7 Å². The number of hydrogen-bond acceptors (Lipinski definition) is 5. The molecule has 0 unspecified atom stereocenters. The first kappa shape index (κ1) is 24.5. The van der Waals surface area contributed by atoms with E-state index in [1.165, 1.54) is 5.56 Å². The highest BCUT2D eigenvalue weighted by molar-refractivity contribution is 5.91. The third-order valence-corrected chi connectivity index (χ3v) is 5.79. The molecule has 1 aliphatic heterocycles. The minimum atomic E-state index is -0.277. The Morgan fingerprint density at radius 3 is 2.50 bits per heavy atom. The van der Waals surface area contributed by atoms with Gasteiger partial charge in [-0.05, 0) is 47.4 Å². The van der Waals surface area contributed by atoms with Crippen LogP contribution >= 0.6 is 0 Å². The number of amides is 1. The smallest absolute Gasteiger partial charge is 0.273 e. The van der Waals surface area contributed by atoms with Crippen LogP contribution in [0.15, 0.2) is 98.0 Å². The molecule has 0 aliphatic carbocycles. The maximum atomic E-state index is 12.6. The van der Waals surface area contributed by atoms with E-state index in [0.717, 1.165) is 34.5 Å². The van der Waals surface area contributed by atoms with E-state index in [-0.39, 0.29) is 11.6 Å². The fourth-order valence-electron chi connectivity index (χ4n) is 3.88. The van der Waals surface area contributed by atoms with Gasteiger partial charge in [-0.15, -0.1) is 5.10 Å². The summed E-state index contributed by atoms with van der Waals surface area (Å²) in [4.78, 5) is 14.7. The van der Waals surface area contributed by atoms with E-state index < -0.39 is 0 Å². The fraction of sp³-hybridized carbons (Fsp3) is 0.138. The van der Waals surface area contributed by atoms with Gasteiger partial charge < -0.3 is 16.0 Å². The van der Waals surface area contributed by atoms with E-state index in [0.29, 0.717) is 18.8 Å².